The highest BCUT2D eigenvalue weighted by atomic mass is 16.3. The van der Waals surface area contributed by atoms with Gasteiger partial charge in [0.1, 0.15) is 0 Å². The summed E-state index contributed by atoms with van der Waals surface area (Å²) in [5, 5.41) is 10.4. The van der Waals surface area contributed by atoms with Gasteiger partial charge in [0.15, 0.2) is 0 Å². The minimum atomic E-state index is -0.350. The van der Waals surface area contributed by atoms with E-state index in [1.165, 1.54) is 18.4 Å². The fourth-order valence-corrected chi connectivity index (χ4v) is 3.13. The molecule has 1 heterocycles. The van der Waals surface area contributed by atoms with Gasteiger partial charge in [-0.2, -0.15) is 0 Å². The van der Waals surface area contributed by atoms with Gasteiger partial charge in [-0.3, -0.25) is 0 Å². The van der Waals surface area contributed by atoms with Gasteiger partial charge in [0, 0.05) is 6.54 Å². The lowest BCUT2D eigenvalue weighted by molar-refractivity contribution is 0.0818. The van der Waals surface area contributed by atoms with Crippen LogP contribution >= 0.6 is 0 Å². The van der Waals surface area contributed by atoms with E-state index >= 15 is 0 Å². The van der Waals surface area contributed by atoms with Crippen LogP contribution in [0.15, 0.2) is 24.3 Å². The second kappa shape index (κ2) is 7.24. The van der Waals surface area contributed by atoms with E-state index in [1.54, 1.807) is 0 Å². The number of hydrogen-bond donors (Lipinski definition) is 1. The first kappa shape index (κ1) is 15.5. The third-order valence-electron chi connectivity index (χ3n) is 4.78. The van der Waals surface area contributed by atoms with Gasteiger partial charge in [0.25, 0.3) is 0 Å². The van der Waals surface area contributed by atoms with Crippen molar-refractivity contribution in [3.8, 4) is 0 Å². The SMILES string of the molecule is CCc1ccc(C(O)CN2CCC(C(C)C)CC2)cc1. The summed E-state index contributed by atoms with van der Waals surface area (Å²) in [7, 11) is 0. The molecular formula is C18H29NO. The van der Waals surface area contributed by atoms with Crippen LogP contribution in [0.3, 0.4) is 0 Å². The zero-order chi connectivity index (χ0) is 14.5. The lowest BCUT2D eigenvalue weighted by atomic mass is 9.86. The molecule has 20 heavy (non-hydrogen) atoms. The number of aliphatic hydroxyl groups is 1. The number of piperidine rings is 1. The molecule has 1 aromatic rings. The van der Waals surface area contributed by atoms with Crippen LogP contribution in [0.5, 0.6) is 0 Å². The maximum Gasteiger partial charge on any atom is 0.0916 e. The summed E-state index contributed by atoms with van der Waals surface area (Å²) in [5.41, 5.74) is 2.38. The average Bonchev–Trinajstić information content (AvgIpc) is 2.48. The predicted octanol–water partition coefficient (Wildman–Crippen LogP) is 3.65. The van der Waals surface area contributed by atoms with Crippen LogP contribution in [0.25, 0.3) is 0 Å². The first-order valence-corrected chi connectivity index (χ1v) is 8.09. The first-order valence-electron chi connectivity index (χ1n) is 8.09. The van der Waals surface area contributed by atoms with E-state index in [2.05, 4.69) is 49.9 Å². The number of hydrogen-bond acceptors (Lipinski definition) is 2. The zero-order valence-corrected chi connectivity index (χ0v) is 13.2. The number of likely N-dealkylation sites (tertiary alicyclic amines) is 1. The van der Waals surface area contributed by atoms with Crippen molar-refractivity contribution < 1.29 is 5.11 Å². The number of aryl methyl sites for hydroxylation is 1. The maximum absolute atomic E-state index is 10.4. The van der Waals surface area contributed by atoms with E-state index in [9.17, 15) is 5.11 Å². The Morgan fingerprint density at radius 1 is 1.15 bits per heavy atom. The van der Waals surface area contributed by atoms with Crippen molar-refractivity contribution in [1.29, 1.82) is 0 Å². The molecule has 1 fully saturated rings. The van der Waals surface area contributed by atoms with Crippen molar-refractivity contribution in [3.63, 3.8) is 0 Å². The van der Waals surface area contributed by atoms with Gasteiger partial charge in [-0.25, -0.2) is 0 Å². The molecule has 0 bridgehead atoms. The Balaban J connectivity index is 1.84. The molecule has 0 spiro atoms. The summed E-state index contributed by atoms with van der Waals surface area (Å²) >= 11 is 0. The van der Waals surface area contributed by atoms with E-state index < -0.39 is 0 Å². The van der Waals surface area contributed by atoms with E-state index in [1.807, 2.05) is 0 Å². The monoisotopic (exact) mass is 275 g/mol. The third-order valence-corrected chi connectivity index (χ3v) is 4.78. The van der Waals surface area contributed by atoms with Crippen molar-refractivity contribution in [2.45, 2.75) is 46.1 Å². The molecule has 1 atom stereocenters. The molecule has 1 saturated heterocycles. The second-order valence-corrected chi connectivity index (χ2v) is 6.49. The minimum absolute atomic E-state index is 0.350. The van der Waals surface area contributed by atoms with Crippen LogP contribution in [0.4, 0.5) is 0 Å². The summed E-state index contributed by atoms with van der Waals surface area (Å²) in [4.78, 5) is 2.41. The van der Waals surface area contributed by atoms with Crippen LogP contribution in [-0.4, -0.2) is 29.6 Å². The van der Waals surface area contributed by atoms with Crippen molar-refractivity contribution >= 4 is 0 Å². The van der Waals surface area contributed by atoms with E-state index in [4.69, 9.17) is 0 Å². The fraction of sp³-hybridized carbons (Fsp3) is 0.667. The molecule has 0 radical (unpaired) electrons. The molecule has 1 aliphatic rings. The molecule has 1 N–H and O–H groups in total. The normalized spacial score (nSPS) is 19.4. The fourth-order valence-electron chi connectivity index (χ4n) is 3.13. The zero-order valence-electron chi connectivity index (χ0n) is 13.2. The van der Waals surface area contributed by atoms with Gasteiger partial charge in [0.2, 0.25) is 0 Å². The Kier molecular flexibility index (Phi) is 5.62. The summed E-state index contributed by atoms with van der Waals surface area (Å²) in [6.07, 6.45) is 3.26. The van der Waals surface area contributed by atoms with Gasteiger partial charge >= 0.3 is 0 Å². The molecule has 2 nitrogen and oxygen atoms in total. The Bertz CT molecular complexity index is 390. The number of aliphatic hydroxyl groups excluding tert-OH is 1. The molecule has 0 aliphatic carbocycles. The largest absolute Gasteiger partial charge is 0.387 e. The predicted molar refractivity (Wildman–Crippen MR) is 84.8 cm³/mol. The molecule has 112 valence electrons. The molecule has 1 aliphatic heterocycles. The highest BCUT2D eigenvalue weighted by molar-refractivity contribution is 5.24. The van der Waals surface area contributed by atoms with Crippen molar-refractivity contribution in [2.24, 2.45) is 11.8 Å². The third kappa shape index (κ3) is 4.07. The molecular weight excluding hydrogens is 246 g/mol. The smallest absolute Gasteiger partial charge is 0.0916 e. The van der Waals surface area contributed by atoms with E-state index in [0.29, 0.717) is 0 Å². The number of rotatable bonds is 5. The molecule has 2 heteroatoms. The summed E-state index contributed by atoms with van der Waals surface area (Å²) in [5.74, 6) is 1.66. The summed E-state index contributed by atoms with van der Waals surface area (Å²) < 4.78 is 0. The maximum atomic E-state index is 10.4. The van der Waals surface area contributed by atoms with Crippen LogP contribution in [-0.2, 0) is 6.42 Å². The lowest BCUT2D eigenvalue weighted by Crippen LogP contribution is -2.37. The average molecular weight is 275 g/mol. The van der Waals surface area contributed by atoms with Crippen LogP contribution in [0, 0.1) is 11.8 Å². The Hall–Kier alpha value is -0.860. The highest BCUT2D eigenvalue weighted by Gasteiger charge is 2.23. The van der Waals surface area contributed by atoms with Crippen molar-refractivity contribution in [1.82, 2.24) is 4.90 Å². The van der Waals surface area contributed by atoms with Crippen LogP contribution in [0.2, 0.25) is 0 Å². The van der Waals surface area contributed by atoms with Gasteiger partial charge in [-0.15, -0.1) is 0 Å². The Labute approximate surface area is 123 Å². The Morgan fingerprint density at radius 3 is 2.25 bits per heavy atom. The van der Waals surface area contributed by atoms with E-state index in [0.717, 1.165) is 43.5 Å². The highest BCUT2D eigenvalue weighted by Crippen LogP contribution is 2.25. The topological polar surface area (TPSA) is 23.5 Å². The molecule has 0 aromatic heterocycles. The van der Waals surface area contributed by atoms with Crippen LogP contribution < -0.4 is 0 Å². The summed E-state index contributed by atoms with van der Waals surface area (Å²) in [6, 6.07) is 8.40. The lowest BCUT2D eigenvalue weighted by Gasteiger charge is -2.34. The molecule has 0 amide bonds. The number of nitrogens with zero attached hydrogens (tertiary/aromatic N) is 1. The van der Waals surface area contributed by atoms with Crippen molar-refractivity contribution in [3.05, 3.63) is 35.4 Å². The van der Waals surface area contributed by atoms with Crippen LogP contribution in [0.1, 0.15) is 50.8 Å². The summed E-state index contributed by atoms with van der Waals surface area (Å²) in [6.45, 7) is 9.84. The first-order chi connectivity index (χ1) is 9.60. The van der Waals surface area contributed by atoms with Gasteiger partial charge in [0.05, 0.1) is 6.10 Å². The quantitative estimate of drug-likeness (QED) is 0.886. The minimum Gasteiger partial charge on any atom is -0.387 e. The van der Waals surface area contributed by atoms with Gasteiger partial charge in [-0.05, 0) is 55.3 Å². The number of β-amino-alcohol motifs (C(OH)–C–C–N with tert-alkyl or cyclic N) is 1. The molecule has 1 aromatic carbocycles. The standard InChI is InChI=1S/C18H29NO/c1-4-15-5-7-17(8-6-15)18(20)13-19-11-9-16(10-12-19)14(2)3/h5-8,14,16,18,20H,4,9-13H2,1-3H3. The van der Waals surface area contributed by atoms with Gasteiger partial charge in [-0.1, -0.05) is 45.0 Å². The van der Waals surface area contributed by atoms with Gasteiger partial charge < -0.3 is 10.0 Å². The van der Waals surface area contributed by atoms with E-state index in [-0.39, 0.29) is 6.10 Å². The molecule has 1 unspecified atom stereocenters. The Morgan fingerprint density at radius 2 is 1.75 bits per heavy atom. The van der Waals surface area contributed by atoms with Crippen molar-refractivity contribution in [2.75, 3.05) is 19.6 Å². The molecule has 2 rings (SSSR count). The second-order valence-electron chi connectivity index (χ2n) is 6.49. The molecule has 0 saturated carbocycles. The number of benzene rings is 1.